The summed E-state index contributed by atoms with van der Waals surface area (Å²) in [4.78, 5) is 12.2. The quantitative estimate of drug-likeness (QED) is 0.798. The molecule has 0 aromatic rings. The van der Waals surface area contributed by atoms with Gasteiger partial charge < -0.3 is 5.32 Å². The van der Waals surface area contributed by atoms with Crippen LogP contribution in [0.2, 0.25) is 0 Å². The van der Waals surface area contributed by atoms with Crippen LogP contribution >= 0.6 is 0 Å². The summed E-state index contributed by atoms with van der Waals surface area (Å²) < 4.78 is 0. The summed E-state index contributed by atoms with van der Waals surface area (Å²) in [7, 11) is 0. The highest BCUT2D eigenvalue weighted by Crippen LogP contribution is 2.41. The number of nitriles is 1. The monoisotopic (exact) mass is 234 g/mol. The van der Waals surface area contributed by atoms with Crippen LogP contribution < -0.4 is 5.32 Å². The lowest BCUT2D eigenvalue weighted by Crippen LogP contribution is -2.51. The van der Waals surface area contributed by atoms with Gasteiger partial charge in [0.2, 0.25) is 5.91 Å². The average Bonchev–Trinajstić information content (AvgIpc) is 2.24. The van der Waals surface area contributed by atoms with E-state index in [2.05, 4.69) is 25.2 Å². The molecule has 0 aromatic heterocycles. The maximum Gasteiger partial charge on any atom is 0.240 e. The van der Waals surface area contributed by atoms with E-state index in [1.807, 2.05) is 0 Å². The number of hydrogen-bond acceptors (Lipinski definition) is 2. The molecule has 0 spiro atoms. The fourth-order valence-corrected chi connectivity index (χ4v) is 3.01. The highest BCUT2D eigenvalue weighted by Gasteiger charge is 2.45. The van der Waals surface area contributed by atoms with Crippen LogP contribution in [0.3, 0.4) is 0 Å². The molecule has 2 rings (SSSR count). The van der Waals surface area contributed by atoms with Gasteiger partial charge in [0, 0.05) is 6.04 Å². The first-order valence-electron chi connectivity index (χ1n) is 6.81. The van der Waals surface area contributed by atoms with Gasteiger partial charge >= 0.3 is 0 Å². The predicted molar refractivity (Wildman–Crippen MR) is 66.0 cm³/mol. The Morgan fingerprint density at radius 2 is 2.00 bits per heavy atom. The van der Waals surface area contributed by atoms with Crippen molar-refractivity contribution in [3.8, 4) is 6.07 Å². The Morgan fingerprint density at radius 3 is 2.53 bits per heavy atom. The van der Waals surface area contributed by atoms with E-state index >= 15 is 0 Å². The number of carbonyl (C=O) groups excluding carboxylic acids is 1. The highest BCUT2D eigenvalue weighted by atomic mass is 16.2. The summed E-state index contributed by atoms with van der Waals surface area (Å²) in [5.74, 6) is 1.19. The Balaban J connectivity index is 1.96. The Hall–Kier alpha value is -1.04. The molecule has 1 N–H and O–H groups in total. The maximum atomic E-state index is 12.2. The second-order valence-electron chi connectivity index (χ2n) is 5.89. The molecule has 0 bridgehead atoms. The van der Waals surface area contributed by atoms with Gasteiger partial charge in [-0.05, 0) is 37.5 Å². The van der Waals surface area contributed by atoms with Crippen LogP contribution in [0.1, 0.15) is 52.4 Å². The first-order chi connectivity index (χ1) is 8.09. The lowest BCUT2D eigenvalue weighted by molar-refractivity contribution is -0.133. The third-order valence-electron chi connectivity index (χ3n) is 4.88. The first kappa shape index (κ1) is 12.4. The molecule has 2 saturated carbocycles. The summed E-state index contributed by atoms with van der Waals surface area (Å²) in [5.41, 5.74) is -0.694. The number of nitrogens with zero attached hydrogens (tertiary/aromatic N) is 1. The van der Waals surface area contributed by atoms with Crippen LogP contribution in [0.15, 0.2) is 0 Å². The second-order valence-corrected chi connectivity index (χ2v) is 5.89. The van der Waals surface area contributed by atoms with Crippen LogP contribution in [-0.2, 0) is 4.79 Å². The predicted octanol–water partition coefficient (Wildman–Crippen LogP) is 2.62. The fourth-order valence-electron chi connectivity index (χ4n) is 3.01. The zero-order valence-corrected chi connectivity index (χ0v) is 10.8. The second kappa shape index (κ2) is 4.68. The van der Waals surface area contributed by atoms with E-state index in [1.54, 1.807) is 0 Å². The van der Waals surface area contributed by atoms with Crippen molar-refractivity contribution in [2.75, 3.05) is 0 Å². The summed E-state index contributed by atoms with van der Waals surface area (Å²) in [6, 6.07) is 2.49. The molecular formula is C14H22N2O. The molecule has 2 fully saturated rings. The van der Waals surface area contributed by atoms with Crippen molar-refractivity contribution in [2.45, 2.75) is 58.4 Å². The fraction of sp³-hybridized carbons (Fsp3) is 0.857. The number of nitrogens with one attached hydrogen (secondary N) is 1. The molecule has 1 amide bonds. The largest absolute Gasteiger partial charge is 0.352 e. The third kappa shape index (κ3) is 2.18. The molecule has 0 heterocycles. The van der Waals surface area contributed by atoms with Crippen molar-refractivity contribution >= 4 is 5.91 Å². The van der Waals surface area contributed by atoms with Gasteiger partial charge in [-0.15, -0.1) is 0 Å². The van der Waals surface area contributed by atoms with Gasteiger partial charge in [-0.3, -0.25) is 4.79 Å². The smallest absolute Gasteiger partial charge is 0.240 e. The SMILES string of the molecule is CC1CCCC(NC(=O)C2(C#N)CCC2)C1C. The van der Waals surface area contributed by atoms with Crippen molar-refractivity contribution in [3.63, 3.8) is 0 Å². The third-order valence-corrected chi connectivity index (χ3v) is 4.88. The zero-order chi connectivity index (χ0) is 12.5. The minimum atomic E-state index is -0.694. The molecule has 2 aliphatic rings. The topological polar surface area (TPSA) is 52.9 Å². The normalized spacial score (nSPS) is 35.5. The lowest BCUT2D eigenvalue weighted by atomic mass is 9.68. The van der Waals surface area contributed by atoms with Crippen LogP contribution in [-0.4, -0.2) is 11.9 Å². The van der Waals surface area contributed by atoms with E-state index in [1.165, 1.54) is 12.8 Å². The van der Waals surface area contributed by atoms with E-state index < -0.39 is 5.41 Å². The Labute approximate surface area is 104 Å². The van der Waals surface area contributed by atoms with E-state index in [0.29, 0.717) is 11.8 Å². The van der Waals surface area contributed by atoms with Crippen molar-refractivity contribution in [3.05, 3.63) is 0 Å². The van der Waals surface area contributed by atoms with Crippen molar-refractivity contribution < 1.29 is 4.79 Å². The number of rotatable bonds is 2. The minimum Gasteiger partial charge on any atom is -0.352 e. The highest BCUT2D eigenvalue weighted by molar-refractivity contribution is 5.86. The minimum absolute atomic E-state index is 0.0165. The zero-order valence-electron chi connectivity index (χ0n) is 10.8. The van der Waals surface area contributed by atoms with E-state index in [-0.39, 0.29) is 11.9 Å². The average molecular weight is 234 g/mol. The summed E-state index contributed by atoms with van der Waals surface area (Å²) >= 11 is 0. The van der Waals surface area contributed by atoms with E-state index in [4.69, 9.17) is 5.26 Å². The van der Waals surface area contributed by atoms with Crippen molar-refractivity contribution in [1.29, 1.82) is 5.26 Å². The van der Waals surface area contributed by atoms with Gasteiger partial charge in [0.1, 0.15) is 5.41 Å². The van der Waals surface area contributed by atoms with Crippen molar-refractivity contribution in [1.82, 2.24) is 5.32 Å². The Morgan fingerprint density at radius 1 is 1.29 bits per heavy atom. The van der Waals surface area contributed by atoms with Gasteiger partial charge in [0.15, 0.2) is 0 Å². The van der Waals surface area contributed by atoms with Crippen LogP contribution in [0.25, 0.3) is 0 Å². The van der Waals surface area contributed by atoms with Gasteiger partial charge in [0.25, 0.3) is 0 Å². The van der Waals surface area contributed by atoms with Crippen LogP contribution in [0.4, 0.5) is 0 Å². The van der Waals surface area contributed by atoms with Gasteiger partial charge in [-0.25, -0.2) is 0 Å². The Kier molecular flexibility index (Phi) is 3.42. The number of amides is 1. The molecule has 3 unspecified atom stereocenters. The molecule has 0 saturated heterocycles. The molecule has 17 heavy (non-hydrogen) atoms. The lowest BCUT2D eigenvalue weighted by Gasteiger charge is -2.39. The van der Waals surface area contributed by atoms with E-state index in [9.17, 15) is 4.79 Å². The maximum absolute atomic E-state index is 12.2. The van der Waals surface area contributed by atoms with Crippen LogP contribution in [0.5, 0.6) is 0 Å². The van der Waals surface area contributed by atoms with Crippen molar-refractivity contribution in [2.24, 2.45) is 17.3 Å². The molecule has 94 valence electrons. The van der Waals surface area contributed by atoms with Gasteiger partial charge in [-0.1, -0.05) is 26.7 Å². The molecule has 0 aliphatic heterocycles. The molecule has 3 nitrogen and oxygen atoms in total. The molecule has 3 heteroatoms. The molecular weight excluding hydrogens is 212 g/mol. The summed E-state index contributed by atoms with van der Waals surface area (Å²) in [6.45, 7) is 4.47. The number of hydrogen-bond donors (Lipinski definition) is 1. The van der Waals surface area contributed by atoms with Crippen LogP contribution in [0, 0.1) is 28.6 Å². The summed E-state index contributed by atoms with van der Waals surface area (Å²) in [6.07, 6.45) is 6.02. The Bertz CT molecular complexity index is 341. The summed E-state index contributed by atoms with van der Waals surface area (Å²) in [5, 5.41) is 12.3. The molecule has 0 aromatic carbocycles. The van der Waals surface area contributed by atoms with E-state index in [0.717, 1.165) is 25.7 Å². The molecule has 2 aliphatic carbocycles. The van der Waals surface area contributed by atoms with Gasteiger partial charge in [-0.2, -0.15) is 5.26 Å². The first-order valence-corrected chi connectivity index (χ1v) is 6.81. The molecule has 3 atom stereocenters. The molecule has 0 radical (unpaired) electrons. The number of carbonyl (C=O) groups is 1. The standard InChI is InChI=1S/C14H22N2O/c1-10-5-3-6-12(11(10)2)16-13(17)14(9-15)7-4-8-14/h10-12H,3-8H2,1-2H3,(H,16,17). The van der Waals surface area contributed by atoms with Gasteiger partial charge in [0.05, 0.1) is 6.07 Å².